The molecule has 2 amide bonds. The fraction of sp³-hybridized carbons (Fsp3) is 0.375. The zero-order valence-electron chi connectivity index (χ0n) is 19.2. The lowest BCUT2D eigenvalue weighted by Gasteiger charge is -2.36. The second kappa shape index (κ2) is 11.1. The van der Waals surface area contributed by atoms with Gasteiger partial charge in [-0.2, -0.15) is 9.57 Å². The molecule has 0 unspecified atom stereocenters. The lowest BCUT2D eigenvalue weighted by molar-refractivity contribution is -0.135. The van der Waals surface area contributed by atoms with Gasteiger partial charge < -0.3 is 15.0 Å². The topological polar surface area (TPSA) is 120 Å². The zero-order chi connectivity index (χ0) is 24.7. The molecule has 0 radical (unpaired) electrons. The first-order chi connectivity index (χ1) is 16.2. The van der Waals surface area contributed by atoms with Crippen LogP contribution in [0.15, 0.2) is 59.5 Å². The molecule has 34 heavy (non-hydrogen) atoms. The van der Waals surface area contributed by atoms with Crippen molar-refractivity contribution < 1.29 is 22.7 Å². The molecule has 0 bridgehead atoms. The summed E-state index contributed by atoms with van der Waals surface area (Å²) in [5, 5.41) is 11.6. The Bertz CT molecular complexity index is 1140. The van der Waals surface area contributed by atoms with Gasteiger partial charge in [0.25, 0.3) is 0 Å². The molecule has 180 valence electrons. The van der Waals surface area contributed by atoms with E-state index in [0.29, 0.717) is 5.56 Å². The van der Waals surface area contributed by atoms with Crippen LogP contribution < -0.4 is 5.32 Å². The molecule has 1 aliphatic heterocycles. The van der Waals surface area contributed by atoms with Crippen molar-refractivity contribution in [2.75, 3.05) is 26.2 Å². The number of ether oxygens (including phenoxy) is 1. The molecule has 1 N–H and O–H groups in total. The smallest absolute Gasteiger partial charge is 0.408 e. The molecule has 1 aliphatic rings. The van der Waals surface area contributed by atoms with Crippen LogP contribution in [0, 0.1) is 17.2 Å². The Morgan fingerprint density at radius 3 is 2.21 bits per heavy atom. The number of alkyl carbamates (subject to hydrolysis) is 1. The van der Waals surface area contributed by atoms with Crippen LogP contribution in [0.5, 0.6) is 0 Å². The van der Waals surface area contributed by atoms with Gasteiger partial charge in [0.1, 0.15) is 12.6 Å². The molecule has 3 rings (SSSR count). The highest BCUT2D eigenvalue weighted by Gasteiger charge is 2.34. The van der Waals surface area contributed by atoms with E-state index in [9.17, 15) is 18.0 Å². The Morgan fingerprint density at radius 1 is 1.03 bits per heavy atom. The number of benzene rings is 2. The van der Waals surface area contributed by atoms with Crippen LogP contribution in [-0.2, 0) is 26.2 Å². The van der Waals surface area contributed by atoms with Gasteiger partial charge >= 0.3 is 6.09 Å². The van der Waals surface area contributed by atoms with Gasteiger partial charge in [-0.15, -0.1) is 0 Å². The molecule has 1 atom stereocenters. The molecule has 1 saturated heterocycles. The lowest BCUT2D eigenvalue weighted by Crippen LogP contribution is -2.57. The van der Waals surface area contributed by atoms with Crippen molar-refractivity contribution in [3.05, 3.63) is 65.7 Å². The van der Waals surface area contributed by atoms with Crippen LogP contribution in [0.4, 0.5) is 4.79 Å². The van der Waals surface area contributed by atoms with Gasteiger partial charge in [0, 0.05) is 26.2 Å². The van der Waals surface area contributed by atoms with Crippen molar-refractivity contribution in [3.8, 4) is 6.07 Å². The predicted octanol–water partition coefficient (Wildman–Crippen LogP) is 2.34. The lowest BCUT2D eigenvalue weighted by atomic mass is 10.0. The first kappa shape index (κ1) is 25.2. The number of sulfonamides is 1. The number of piperazine rings is 1. The van der Waals surface area contributed by atoms with E-state index in [1.165, 1.54) is 28.6 Å². The Kier molecular flexibility index (Phi) is 8.26. The van der Waals surface area contributed by atoms with E-state index in [4.69, 9.17) is 10.00 Å². The monoisotopic (exact) mass is 484 g/mol. The van der Waals surface area contributed by atoms with Crippen LogP contribution in [-0.4, -0.2) is 61.8 Å². The Balaban J connectivity index is 1.57. The largest absolute Gasteiger partial charge is 0.445 e. The minimum absolute atomic E-state index is 0.0948. The predicted molar refractivity (Wildman–Crippen MR) is 125 cm³/mol. The SMILES string of the molecule is CC(C)[C@H](NC(=O)OCc1ccccc1)C(=O)N1CCN(S(=O)(=O)c2ccc(C#N)cc2)CC1. The van der Waals surface area contributed by atoms with Crippen LogP contribution >= 0.6 is 0 Å². The van der Waals surface area contributed by atoms with Gasteiger partial charge in [0.15, 0.2) is 0 Å². The van der Waals surface area contributed by atoms with Crippen molar-refractivity contribution in [2.45, 2.75) is 31.4 Å². The quantitative estimate of drug-likeness (QED) is 0.644. The van der Waals surface area contributed by atoms with Crippen molar-refractivity contribution in [1.82, 2.24) is 14.5 Å². The summed E-state index contributed by atoms with van der Waals surface area (Å²) in [6, 6.07) is 16.1. The first-order valence-corrected chi connectivity index (χ1v) is 12.4. The maximum atomic E-state index is 13.1. The van der Waals surface area contributed by atoms with E-state index in [0.717, 1.165) is 5.56 Å². The van der Waals surface area contributed by atoms with E-state index in [1.807, 2.05) is 50.2 Å². The molecular formula is C24H28N4O5S. The number of amides is 2. The highest BCUT2D eigenvalue weighted by atomic mass is 32.2. The fourth-order valence-electron chi connectivity index (χ4n) is 3.60. The van der Waals surface area contributed by atoms with Crippen LogP contribution in [0.25, 0.3) is 0 Å². The number of hydrogen-bond acceptors (Lipinski definition) is 6. The summed E-state index contributed by atoms with van der Waals surface area (Å²) in [5.74, 6) is -0.459. The van der Waals surface area contributed by atoms with Crippen LogP contribution in [0.3, 0.4) is 0 Å². The second-order valence-corrected chi connectivity index (χ2v) is 10.2. The summed E-state index contributed by atoms with van der Waals surface area (Å²) in [7, 11) is -3.73. The summed E-state index contributed by atoms with van der Waals surface area (Å²) in [5.41, 5.74) is 1.22. The first-order valence-electron chi connectivity index (χ1n) is 11.0. The number of carbonyl (C=O) groups is 2. The third-order valence-corrected chi connectivity index (χ3v) is 7.50. The van der Waals surface area contributed by atoms with Crippen molar-refractivity contribution in [3.63, 3.8) is 0 Å². The molecule has 9 nitrogen and oxygen atoms in total. The summed E-state index contributed by atoms with van der Waals surface area (Å²) in [4.78, 5) is 27.1. The van der Waals surface area contributed by atoms with E-state index in [-0.39, 0.29) is 49.5 Å². The molecule has 0 aromatic heterocycles. The second-order valence-electron chi connectivity index (χ2n) is 8.29. The Morgan fingerprint density at radius 2 is 1.65 bits per heavy atom. The molecule has 0 aliphatic carbocycles. The standard InChI is InChI=1S/C24H28N4O5S/c1-18(2)22(26-24(30)33-17-20-6-4-3-5-7-20)23(29)27-12-14-28(15-13-27)34(31,32)21-10-8-19(16-25)9-11-21/h3-11,18,22H,12-15,17H2,1-2H3,(H,26,30)/t22-/m0/s1. The Labute approximate surface area is 200 Å². The minimum Gasteiger partial charge on any atom is -0.445 e. The third-order valence-electron chi connectivity index (χ3n) is 5.59. The molecule has 10 heteroatoms. The summed E-state index contributed by atoms with van der Waals surface area (Å²) < 4.78 is 32.4. The summed E-state index contributed by atoms with van der Waals surface area (Å²) in [6.45, 7) is 4.43. The average Bonchev–Trinajstić information content (AvgIpc) is 2.86. The van der Waals surface area contributed by atoms with E-state index < -0.39 is 22.2 Å². The number of rotatable bonds is 7. The highest BCUT2D eigenvalue weighted by Crippen LogP contribution is 2.19. The molecular weight excluding hydrogens is 456 g/mol. The molecule has 2 aromatic carbocycles. The third kappa shape index (κ3) is 6.12. The average molecular weight is 485 g/mol. The summed E-state index contributed by atoms with van der Waals surface area (Å²) in [6.07, 6.45) is -0.682. The normalized spacial score (nSPS) is 15.4. The molecule has 0 spiro atoms. The molecule has 1 heterocycles. The van der Waals surface area contributed by atoms with Gasteiger partial charge in [-0.05, 0) is 35.7 Å². The number of nitrogens with zero attached hydrogens (tertiary/aromatic N) is 3. The highest BCUT2D eigenvalue weighted by molar-refractivity contribution is 7.89. The van der Waals surface area contributed by atoms with E-state index >= 15 is 0 Å². The zero-order valence-corrected chi connectivity index (χ0v) is 20.0. The van der Waals surface area contributed by atoms with Gasteiger partial charge in [-0.3, -0.25) is 4.79 Å². The van der Waals surface area contributed by atoms with Gasteiger partial charge in [0.2, 0.25) is 15.9 Å². The van der Waals surface area contributed by atoms with Crippen LogP contribution in [0.1, 0.15) is 25.0 Å². The van der Waals surface area contributed by atoms with E-state index in [1.54, 1.807) is 4.90 Å². The van der Waals surface area contributed by atoms with Gasteiger partial charge in [-0.1, -0.05) is 44.2 Å². The van der Waals surface area contributed by atoms with Gasteiger partial charge in [-0.25, -0.2) is 13.2 Å². The number of nitrogens with one attached hydrogen (secondary N) is 1. The van der Waals surface area contributed by atoms with Crippen molar-refractivity contribution in [2.24, 2.45) is 5.92 Å². The van der Waals surface area contributed by atoms with Crippen molar-refractivity contribution in [1.29, 1.82) is 5.26 Å². The van der Waals surface area contributed by atoms with E-state index in [2.05, 4.69) is 5.32 Å². The molecule has 0 saturated carbocycles. The summed E-state index contributed by atoms with van der Waals surface area (Å²) >= 11 is 0. The number of nitriles is 1. The maximum absolute atomic E-state index is 13.1. The number of hydrogen-bond donors (Lipinski definition) is 1. The van der Waals surface area contributed by atoms with Gasteiger partial charge in [0.05, 0.1) is 16.5 Å². The molecule has 1 fully saturated rings. The fourth-order valence-corrected chi connectivity index (χ4v) is 5.02. The minimum atomic E-state index is -3.73. The maximum Gasteiger partial charge on any atom is 0.408 e. The number of carbonyl (C=O) groups excluding carboxylic acids is 2. The van der Waals surface area contributed by atoms with Crippen LogP contribution in [0.2, 0.25) is 0 Å². The van der Waals surface area contributed by atoms with Crippen molar-refractivity contribution >= 4 is 22.0 Å². The Hall–Kier alpha value is -3.42. The molecule has 2 aromatic rings.